The molecule has 0 saturated carbocycles. The van der Waals surface area contributed by atoms with Crippen molar-refractivity contribution >= 4 is 32.8 Å². The van der Waals surface area contributed by atoms with E-state index in [0.717, 1.165) is 33.2 Å². The van der Waals surface area contributed by atoms with E-state index in [1.165, 1.54) is 0 Å². The standard InChI is InChI=1S/C56H48N4O/c1-38(2)31-39-32-43(35-45(33-39)61-44-27-28-49-48-21-12-13-24-50(48)60(53(49)36-44)54-34-42(29-30-57-54)56(3,4)5)58-37-59(52-26-15-14-25-51(52)58)55-46(40-17-8-6-9-18-40)22-16-23-47(55)41-19-10-7-11-20-41/h6-30,32-36,38H,31H2,1-5H3/i6D,7D,8D,9D,10D,11D,17D,18D,19D,20D,31D2. The summed E-state index contributed by atoms with van der Waals surface area (Å²) < 4.78 is 118. The van der Waals surface area contributed by atoms with E-state index < -0.39 is 72.7 Å². The monoisotopic (exact) mass is 804 g/mol. The molecule has 0 N–H and O–H groups in total. The molecule has 5 heteroatoms. The van der Waals surface area contributed by atoms with Gasteiger partial charge in [0.2, 0.25) is 0 Å². The Morgan fingerprint density at radius 1 is 0.689 bits per heavy atom. The molecule has 0 spiro atoms. The van der Waals surface area contributed by atoms with Crippen LogP contribution in [-0.2, 0) is 11.8 Å². The molecule has 0 unspecified atom stereocenters. The number of para-hydroxylation sites is 4. The average Bonchev–Trinajstić information content (AvgIpc) is 3.92. The van der Waals surface area contributed by atoms with Crippen molar-refractivity contribution in [1.29, 1.82) is 0 Å². The zero-order chi connectivity index (χ0) is 52.2. The maximum absolute atomic E-state index is 9.36. The summed E-state index contributed by atoms with van der Waals surface area (Å²) in [7, 11) is 0. The predicted molar refractivity (Wildman–Crippen MR) is 250 cm³/mol. The van der Waals surface area contributed by atoms with Crippen LogP contribution in [0.15, 0.2) is 182 Å². The molecule has 298 valence electrons. The zero-order valence-electron chi connectivity index (χ0n) is 46.3. The van der Waals surface area contributed by atoms with E-state index in [4.69, 9.17) is 23.4 Å². The van der Waals surface area contributed by atoms with Gasteiger partial charge in [0.25, 0.3) is 6.33 Å². The Hall–Kier alpha value is -7.24. The van der Waals surface area contributed by atoms with Crippen LogP contribution in [0.3, 0.4) is 0 Å². The van der Waals surface area contributed by atoms with Crippen LogP contribution in [0, 0.1) is 12.2 Å². The quantitative estimate of drug-likeness (QED) is 0.108. The van der Waals surface area contributed by atoms with E-state index in [0.29, 0.717) is 33.8 Å². The van der Waals surface area contributed by atoms with Crippen LogP contribution in [0.2, 0.25) is 0 Å². The Morgan fingerprint density at radius 2 is 1.36 bits per heavy atom. The molecule has 0 fully saturated rings. The summed E-state index contributed by atoms with van der Waals surface area (Å²) in [5.41, 5.74) is 4.53. The zero-order valence-corrected chi connectivity index (χ0v) is 34.3. The van der Waals surface area contributed by atoms with Crippen molar-refractivity contribution < 1.29 is 25.8 Å². The second-order valence-corrected chi connectivity index (χ2v) is 16.3. The molecule has 61 heavy (non-hydrogen) atoms. The van der Waals surface area contributed by atoms with E-state index >= 15 is 0 Å². The summed E-state index contributed by atoms with van der Waals surface area (Å²) >= 11 is 0. The fourth-order valence-electron chi connectivity index (χ4n) is 7.97. The van der Waals surface area contributed by atoms with Gasteiger partial charge in [0.15, 0.2) is 0 Å². The first-order chi connectivity index (χ1) is 34.6. The van der Waals surface area contributed by atoms with Gasteiger partial charge in [0.05, 0.1) is 47.1 Å². The number of ether oxygens (including phenoxy) is 1. The van der Waals surface area contributed by atoms with Crippen molar-refractivity contribution in [3.8, 4) is 50.9 Å². The van der Waals surface area contributed by atoms with Gasteiger partial charge in [0, 0.05) is 25.8 Å². The van der Waals surface area contributed by atoms with E-state index in [1.807, 2.05) is 54.7 Å². The maximum Gasteiger partial charge on any atom is 0.269 e. The van der Waals surface area contributed by atoms with Gasteiger partial charge in [-0.2, -0.15) is 0 Å². The molecule has 3 heterocycles. The van der Waals surface area contributed by atoms with Gasteiger partial charge in [-0.25, -0.2) is 4.98 Å². The van der Waals surface area contributed by atoms with Gasteiger partial charge in [-0.1, -0.05) is 156 Å². The number of aromatic nitrogens is 4. The van der Waals surface area contributed by atoms with Gasteiger partial charge in [-0.05, 0) is 99.6 Å². The Balaban J connectivity index is 1.21. The number of pyridine rings is 1. The molecule has 10 aromatic rings. The molecule has 5 nitrogen and oxygen atoms in total. The minimum atomic E-state index is -1.87. The largest absolute Gasteiger partial charge is 0.458 e. The highest BCUT2D eigenvalue weighted by Gasteiger charge is 2.22. The van der Waals surface area contributed by atoms with Crippen LogP contribution in [0.1, 0.15) is 62.2 Å². The Bertz CT molecular complexity index is 3760. The summed E-state index contributed by atoms with van der Waals surface area (Å²) in [5.74, 6) is 1.06. The van der Waals surface area contributed by atoms with Crippen LogP contribution >= 0.6 is 0 Å². The molecule has 0 saturated heterocycles. The Morgan fingerprint density at radius 3 is 2.07 bits per heavy atom. The Labute approximate surface area is 374 Å². The fraction of sp³-hybridized carbons (Fsp3) is 0.143. The minimum Gasteiger partial charge on any atom is -0.458 e. The molecular weight excluding hydrogens is 745 g/mol. The highest BCUT2D eigenvalue weighted by atomic mass is 16.5. The van der Waals surface area contributed by atoms with Crippen molar-refractivity contribution in [3.05, 3.63) is 199 Å². The molecule has 0 bridgehead atoms. The molecule has 0 aliphatic carbocycles. The van der Waals surface area contributed by atoms with Gasteiger partial charge in [0.1, 0.15) is 17.3 Å². The van der Waals surface area contributed by atoms with Crippen molar-refractivity contribution in [2.24, 2.45) is 5.92 Å². The summed E-state index contributed by atoms with van der Waals surface area (Å²) in [5, 5.41) is 2.02. The van der Waals surface area contributed by atoms with Crippen molar-refractivity contribution in [2.45, 2.75) is 46.4 Å². The number of hydrogen-bond acceptors (Lipinski definition) is 2. The first-order valence-electron chi connectivity index (χ1n) is 26.2. The third-order valence-electron chi connectivity index (χ3n) is 10.7. The third-order valence-corrected chi connectivity index (χ3v) is 10.7. The first kappa shape index (κ1) is 26.8. The topological polar surface area (TPSA) is 35.9 Å². The smallest absolute Gasteiger partial charge is 0.269 e. The highest BCUT2D eigenvalue weighted by molar-refractivity contribution is 6.09. The molecule has 0 aliphatic rings. The number of imidazole rings is 1. The molecule has 10 rings (SSSR count). The van der Waals surface area contributed by atoms with Crippen molar-refractivity contribution in [2.75, 3.05) is 0 Å². The number of benzene rings is 7. The summed E-state index contributed by atoms with van der Waals surface area (Å²) in [6.45, 7) is 10.1. The van der Waals surface area contributed by atoms with Gasteiger partial charge >= 0.3 is 0 Å². The minimum absolute atomic E-state index is 0.104. The van der Waals surface area contributed by atoms with Crippen LogP contribution in [0.5, 0.6) is 11.5 Å². The van der Waals surface area contributed by atoms with E-state index in [9.17, 15) is 2.74 Å². The predicted octanol–water partition coefficient (Wildman–Crippen LogP) is 13.8. The van der Waals surface area contributed by atoms with Crippen LogP contribution in [0.4, 0.5) is 0 Å². The molecule has 0 radical (unpaired) electrons. The van der Waals surface area contributed by atoms with Gasteiger partial charge < -0.3 is 4.74 Å². The fourth-order valence-corrected chi connectivity index (χ4v) is 7.97. The lowest BCUT2D eigenvalue weighted by atomic mass is 9.88. The average molecular weight is 805 g/mol. The Kier molecular flexibility index (Phi) is 6.77. The van der Waals surface area contributed by atoms with Crippen LogP contribution in [-0.4, -0.2) is 14.1 Å². The van der Waals surface area contributed by atoms with Crippen LogP contribution < -0.4 is 9.30 Å². The molecule has 0 amide bonds. The molecular formula is C56H48N4O. The molecule has 0 aliphatic heterocycles. The number of nitrogens with zero attached hydrogens (tertiary/aromatic N) is 4. The molecule has 7 aromatic carbocycles. The van der Waals surface area contributed by atoms with E-state index in [1.54, 1.807) is 71.5 Å². The lowest BCUT2D eigenvalue weighted by Crippen LogP contribution is -2.31. The third kappa shape index (κ3) is 7.16. The highest BCUT2D eigenvalue weighted by Crippen LogP contribution is 2.38. The maximum atomic E-state index is 9.36. The summed E-state index contributed by atoms with van der Waals surface area (Å²) in [6, 6.07) is 29.6. The first-order valence-corrected chi connectivity index (χ1v) is 20.2. The molecule has 0 atom stereocenters. The molecule has 3 aromatic heterocycles. The van der Waals surface area contributed by atoms with Crippen LogP contribution in [0.25, 0.3) is 72.3 Å². The summed E-state index contributed by atoms with van der Waals surface area (Å²) in [4.78, 5) is 4.83. The second kappa shape index (κ2) is 15.4. The van der Waals surface area contributed by atoms with Crippen molar-refractivity contribution in [3.63, 3.8) is 0 Å². The van der Waals surface area contributed by atoms with E-state index in [2.05, 4.69) is 49.9 Å². The van der Waals surface area contributed by atoms with E-state index in [-0.39, 0.29) is 33.4 Å². The number of fused-ring (bicyclic) bond motifs is 4. The van der Waals surface area contributed by atoms with Crippen molar-refractivity contribution in [1.82, 2.24) is 14.1 Å². The normalized spacial score (nSPS) is 14.9. The second-order valence-electron chi connectivity index (χ2n) is 16.3. The number of rotatable bonds is 9. The van der Waals surface area contributed by atoms with Gasteiger partial charge in [-0.15, -0.1) is 0 Å². The van der Waals surface area contributed by atoms with Gasteiger partial charge in [-0.3, -0.25) is 13.7 Å². The summed E-state index contributed by atoms with van der Waals surface area (Å²) in [6.07, 6.45) is 3.38. The SMILES string of the molecule is [2H]c1c([2H])c([2H])c(-c2cccc(-c3c([2H])c([2H])c([2H])c([2H])c3[2H])c2-[n+]2[c-]n(-c3cc(Oc4ccc5c6ccccc6n(-c6cc(C(C)(C)C)ccn6)c5c4)cc(C([2H])([2H])C(C)C)c3)c3ccccc32)c([2H])c1[2H]. The lowest BCUT2D eigenvalue weighted by Gasteiger charge is -2.20. The number of hydrogen-bond donors (Lipinski definition) is 0. The lowest BCUT2D eigenvalue weighted by molar-refractivity contribution is -0.571.